The van der Waals surface area contributed by atoms with Gasteiger partial charge in [0.05, 0.1) is 0 Å². The largest absolute Gasteiger partial charge is 0.296 e. The molecule has 3 heteroatoms. The smallest absolute Gasteiger partial charge is 0.230 e. The van der Waals surface area contributed by atoms with E-state index >= 15 is 0 Å². The van der Waals surface area contributed by atoms with Gasteiger partial charge in [0, 0.05) is 12.3 Å². The summed E-state index contributed by atoms with van der Waals surface area (Å²) in [5, 5.41) is 2.39. The van der Waals surface area contributed by atoms with Crippen LogP contribution in [0, 0.1) is 11.3 Å². The van der Waals surface area contributed by atoms with Crippen molar-refractivity contribution in [3.8, 4) is 0 Å². The standard InChI is InChI=1S/C10H17NO2/c1-4-7-9(13)11-8(12)6-10(7,3)5-2/h7H,4-6H2,1-3H3,(H,11,12,13). The highest BCUT2D eigenvalue weighted by molar-refractivity contribution is 5.99. The van der Waals surface area contributed by atoms with Gasteiger partial charge in [-0.1, -0.05) is 20.8 Å². The van der Waals surface area contributed by atoms with Gasteiger partial charge < -0.3 is 0 Å². The molecule has 1 heterocycles. The van der Waals surface area contributed by atoms with Crippen molar-refractivity contribution in [2.24, 2.45) is 11.3 Å². The van der Waals surface area contributed by atoms with Crippen LogP contribution in [0.2, 0.25) is 0 Å². The molecule has 0 bridgehead atoms. The second-order valence-electron chi connectivity index (χ2n) is 4.06. The maximum atomic E-state index is 11.5. The van der Waals surface area contributed by atoms with Crippen LogP contribution in [0.25, 0.3) is 0 Å². The van der Waals surface area contributed by atoms with E-state index in [4.69, 9.17) is 0 Å². The van der Waals surface area contributed by atoms with Crippen molar-refractivity contribution in [3.05, 3.63) is 0 Å². The molecule has 2 amide bonds. The van der Waals surface area contributed by atoms with E-state index in [1.807, 2.05) is 20.8 Å². The summed E-state index contributed by atoms with van der Waals surface area (Å²) >= 11 is 0. The summed E-state index contributed by atoms with van der Waals surface area (Å²) in [6, 6.07) is 0. The molecule has 0 spiro atoms. The van der Waals surface area contributed by atoms with Crippen LogP contribution in [0.1, 0.15) is 40.0 Å². The van der Waals surface area contributed by atoms with Crippen LogP contribution in [-0.2, 0) is 9.59 Å². The summed E-state index contributed by atoms with van der Waals surface area (Å²) in [6.07, 6.45) is 2.17. The van der Waals surface area contributed by atoms with Gasteiger partial charge in [-0.2, -0.15) is 0 Å². The molecule has 1 fully saturated rings. The number of rotatable bonds is 2. The molecule has 1 saturated heterocycles. The monoisotopic (exact) mass is 183 g/mol. The zero-order chi connectivity index (χ0) is 10.1. The Bertz CT molecular complexity index is 237. The Kier molecular flexibility index (Phi) is 2.74. The summed E-state index contributed by atoms with van der Waals surface area (Å²) in [7, 11) is 0. The van der Waals surface area contributed by atoms with Crippen LogP contribution in [0.15, 0.2) is 0 Å². The number of carbonyl (C=O) groups excluding carboxylic acids is 2. The minimum atomic E-state index is -0.131. The molecule has 13 heavy (non-hydrogen) atoms. The van der Waals surface area contributed by atoms with Gasteiger partial charge in [0.1, 0.15) is 0 Å². The lowest BCUT2D eigenvalue weighted by molar-refractivity contribution is -0.143. The van der Waals surface area contributed by atoms with E-state index in [2.05, 4.69) is 5.32 Å². The predicted octanol–water partition coefficient (Wildman–Crippen LogP) is 1.48. The Morgan fingerprint density at radius 1 is 1.46 bits per heavy atom. The minimum absolute atomic E-state index is 0.00444. The van der Waals surface area contributed by atoms with Crippen molar-refractivity contribution >= 4 is 11.8 Å². The highest BCUT2D eigenvalue weighted by atomic mass is 16.2. The second kappa shape index (κ2) is 3.48. The number of hydrogen-bond donors (Lipinski definition) is 1. The lowest BCUT2D eigenvalue weighted by atomic mass is 9.69. The van der Waals surface area contributed by atoms with E-state index in [1.165, 1.54) is 0 Å². The number of imide groups is 1. The van der Waals surface area contributed by atoms with Crippen LogP contribution in [0.5, 0.6) is 0 Å². The van der Waals surface area contributed by atoms with Crippen LogP contribution in [0.3, 0.4) is 0 Å². The number of hydrogen-bond acceptors (Lipinski definition) is 2. The zero-order valence-electron chi connectivity index (χ0n) is 8.52. The minimum Gasteiger partial charge on any atom is -0.296 e. The number of nitrogens with one attached hydrogen (secondary N) is 1. The molecule has 0 saturated carbocycles. The molecule has 2 unspecified atom stereocenters. The lowest BCUT2D eigenvalue weighted by Crippen LogP contribution is -2.50. The van der Waals surface area contributed by atoms with Crippen LogP contribution >= 0.6 is 0 Å². The molecule has 0 aromatic carbocycles. The van der Waals surface area contributed by atoms with Crippen molar-refractivity contribution < 1.29 is 9.59 Å². The first-order valence-corrected chi connectivity index (χ1v) is 4.87. The van der Waals surface area contributed by atoms with Crippen molar-refractivity contribution in [1.29, 1.82) is 0 Å². The van der Waals surface area contributed by atoms with Gasteiger partial charge in [-0.15, -0.1) is 0 Å². The Morgan fingerprint density at radius 2 is 2.08 bits per heavy atom. The first-order chi connectivity index (χ1) is 6.03. The molecule has 1 aliphatic rings. The maximum Gasteiger partial charge on any atom is 0.230 e. The summed E-state index contributed by atoms with van der Waals surface area (Å²) in [5.74, 6) is -0.225. The average Bonchev–Trinajstić information content (AvgIpc) is 2.03. The number of carbonyl (C=O) groups is 2. The van der Waals surface area contributed by atoms with Gasteiger partial charge in [0.25, 0.3) is 0 Å². The Labute approximate surface area is 78.9 Å². The Hall–Kier alpha value is -0.860. The topological polar surface area (TPSA) is 46.2 Å². The normalized spacial score (nSPS) is 34.5. The zero-order valence-corrected chi connectivity index (χ0v) is 8.52. The van der Waals surface area contributed by atoms with E-state index in [1.54, 1.807) is 0 Å². The number of piperidine rings is 1. The molecule has 0 aromatic heterocycles. The lowest BCUT2D eigenvalue weighted by Gasteiger charge is -2.38. The molecule has 1 N–H and O–H groups in total. The molecule has 0 radical (unpaired) electrons. The maximum absolute atomic E-state index is 11.5. The van der Waals surface area contributed by atoms with Crippen LogP contribution < -0.4 is 5.32 Å². The van der Waals surface area contributed by atoms with E-state index in [9.17, 15) is 9.59 Å². The third kappa shape index (κ3) is 1.74. The molecule has 1 rings (SSSR count). The average molecular weight is 183 g/mol. The highest BCUT2D eigenvalue weighted by Crippen LogP contribution is 2.39. The Balaban J connectivity index is 2.90. The van der Waals surface area contributed by atoms with E-state index in [0.717, 1.165) is 12.8 Å². The SMILES string of the molecule is CCC1C(=O)NC(=O)CC1(C)CC. The third-order valence-corrected chi connectivity index (χ3v) is 3.20. The van der Waals surface area contributed by atoms with Gasteiger partial charge in [-0.05, 0) is 18.3 Å². The summed E-state index contributed by atoms with van der Waals surface area (Å²) in [4.78, 5) is 22.7. The summed E-state index contributed by atoms with van der Waals surface area (Å²) in [6.45, 7) is 6.06. The Morgan fingerprint density at radius 3 is 2.54 bits per heavy atom. The molecular weight excluding hydrogens is 166 g/mol. The summed E-state index contributed by atoms with van der Waals surface area (Å²) in [5.41, 5.74) is -0.131. The molecule has 1 aliphatic heterocycles. The quantitative estimate of drug-likeness (QED) is 0.659. The molecule has 0 aromatic rings. The fourth-order valence-electron chi connectivity index (χ4n) is 2.12. The molecule has 3 nitrogen and oxygen atoms in total. The highest BCUT2D eigenvalue weighted by Gasteiger charge is 2.42. The van der Waals surface area contributed by atoms with Gasteiger partial charge in [-0.3, -0.25) is 14.9 Å². The fourth-order valence-corrected chi connectivity index (χ4v) is 2.12. The van der Waals surface area contributed by atoms with Gasteiger partial charge >= 0.3 is 0 Å². The third-order valence-electron chi connectivity index (χ3n) is 3.20. The molecular formula is C10H17NO2. The van der Waals surface area contributed by atoms with Crippen molar-refractivity contribution in [3.63, 3.8) is 0 Å². The van der Waals surface area contributed by atoms with Crippen LogP contribution in [0.4, 0.5) is 0 Å². The van der Waals surface area contributed by atoms with Gasteiger partial charge in [0.2, 0.25) is 11.8 Å². The molecule has 74 valence electrons. The second-order valence-corrected chi connectivity index (χ2v) is 4.06. The van der Waals surface area contributed by atoms with E-state index in [-0.39, 0.29) is 23.1 Å². The molecule has 2 atom stereocenters. The van der Waals surface area contributed by atoms with Gasteiger partial charge in [0.15, 0.2) is 0 Å². The molecule has 0 aliphatic carbocycles. The van der Waals surface area contributed by atoms with Crippen LogP contribution in [-0.4, -0.2) is 11.8 Å². The van der Waals surface area contributed by atoms with Crippen molar-refractivity contribution in [1.82, 2.24) is 5.32 Å². The summed E-state index contributed by atoms with van der Waals surface area (Å²) < 4.78 is 0. The van der Waals surface area contributed by atoms with E-state index in [0.29, 0.717) is 6.42 Å². The van der Waals surface area contributed by atoms with Gasteiger partial charge in [-0.25, -0.2) is 0 Å². The first-order valence-electron chi connectivity index (χ1n) is 4.87. The number of amides is 2. The first kappa shape index (κ1) is 10.2. The predicted molar refractivity (Wildman–Crippen MR) is 49.9 cm³/mol. The van der Waals surface area contributed by atoms with E-state index < -0.39 is 0 Å². The van der Waals surface area contributed by atoms with Crippen molar-refractivity contribution in [2.75, 3.05) is 0 Å². The van der Waals surface area contributed by atoms with Crippen molar-refractivity contribution in [2.45, 2.75) is 40.0 Å². The fraction of sp³-hybridized carbons (Fsp3) is 0.800.